The van der Waals surface area contributed by atoms with Crippen molar-refractivity contribution in [2.24, 2.45) is 0 Å². The minimum atomic E-state index is -0.240. The molecule has 29 heavy (non-hydrogen) atoms. The monoisotopic (exact) mass is 401 g/mol. The Morgan fingerprint density at radius 2 is 1.59 bits per heavy atom. The number of carbonyl (C=O) groups excluding carboxylic acids is 2. The minimum absolute atomic E-state index is 0.0666. The number of aliphatic hydroxyl groups is 1. The van der Waals surface area contributed by atoms with Gasteiger partial charge in [-0.1, -0.05) is 12.1 Å². The van der Waals surface area contributed by atoms with Gasteiger partial charge in [-0.3, -0.25) is 19.4 Å². The molecule has 1 fully saturated rings. The predicted molar refractivity (Wildman–Crippen MR) is 111 cm³/mol. The third kappa shape index (κ3) is 4.46. The number of amides is 2. The standard InChI is InChI=1S/C22H31N3O4/c1-15(2)25-21(27)19(17-5-7-18(8-6-17)29-16(3)4)20(22(25)28)24-11-9-23(10-12-24)13-14-26/h5-8,15-16,26H,9-14H2,1-4H3. The number of β-amino-alcohol motifs (C(OH)–C–C–N with tert-alkyl or cyclic N) is 1. The van der Waals surface area contributed by atoms with E-state index < -0.39 is 0 Å². The first-order valence-corrected chi connectivity index (χ1v) is 10.3. The summed E-state index contributed by atoms with van der Waals surface area (Å²) in [5.41, 5.74) is 1.69. The minimum Gasteiger partial charge on any atom is -0.491 e. The summed E-state index contributed by atoms with van der Waals surface area (Å²) in [4.78, 5) is 31.9. The molecule has 0 aromatic heterocycles. The van der Waals surface area contributed by atoms with E-state index in [1.807, 2.05) is 56.9 Å². The van der Waals surface area contributed by atoms with Gasteiger partial charge in [0.05, 0.1) is 18.3 Å². The van der Waals surface area contributed by atoms with Crippen LogP contribution in [0.5, 0.6) is 5.75 Å². The number of ether oxygens (including phenoxy) is 1. The highest BCUT2D eigenvalue weighted by Crippen LogP contribution is 2.34. The second-order valence-corrected chi connectivity index (χ2v) is 8.04. The molecule has 7 heteroatoms. The van der Waals surface area contributed by atoms with Crippen LogP contribution in [0.4, 0.5) is 0 Å². The molecule has 1 aromatic rings. The van der Waals surface area contributed by atoms with Crippen molar-refractivity contribution >= 4 is 17.4 Å². The van der Waals surface area contributed by atoms with Gasteiger partial charge in [0, 0.05) is 38.8 Å². The normalized spacial score (nSPS) is 18.6. The Bertz CT molecular complexity index is 778. The first-order chi connectivity index (χ1) is 13.8. The molecule has 2 aliphatic heterocycles. The molecule has 0 spiro atoms. The Morgan fingerprint density at radius 3 is 2.10 bits per heavy atom. The molecule has 1 aromatic carbocycles. The van der Waals surface area contributed by atoms with E-state index in [-0.39, 0.29) is 30.6 Å². The fraction of sp³-hybridized carbons (Fsp3) is 0.545. The Morgan fingerprint density at radius 1 is 0.966 bits per heavy atom. The summed E-state index contributed by atoms with van der Waals surface area (Å²) in [7, 11) is 0. The summed E-state index contributed by atoms with van der Waals surface area (Å²) in [5, 5.41) is 9.16. The largest absolute Gasteiger partial charge is 0.491 e. The van der Waals surface area contributed by atoms with Crippen LogP contribution >= 0.6 is 0 Å². The van der Waals surface area contributed by atoms with Crippen molar-refractivity contribution in [3.8, 4) is 5.75 Å². The fourth-order valence-corrected chi connectivity index (χ4v) is 3.87. The first kappa shape index (κ1) is 21.3. The van der Waals surface area contributed by atoms with Crippen molar-refractivity contribution in [3.05, 3.63) is 35.5 Å². The van der Waals surface area contributed by atoms with E-state index in [2.05, 4.69) is 4.90 Å². The van der Waals surface area contributed by atoms with E-state index in [0.717, 1.165) is 24.4 Å². The molecule has 1 saturated heterocycles. The number of carbonyl (C=O) groups is 2. The number of benzene rings is 1. The van der Waals surface area contributed by atoms with Gasteiger partial charge in [0.25, 0.3) is 11.8 Å². The molecular formula is C22H31N3O4. The first-order valence-electron chi connectivity index (χ1n) is 10.3. The van der Waals surface area contributed by atoms with Gasteiger partial charge < -0.3 is 14.7 Å². The number of aliphatic hydroxyl groups excluding tert-OH is 1. The van der Waals surface area contributed by atoms with Crippen LogP contribution in [0.1, 0.15) is 33.3 Å². The maximum absolute atomic E-state index is 13.2. The molecule has 3 rings (SSSR count). The number of hydrogen-bond donors (Lipinski definition) is 1. The number of hydrogen-bond acceptors (Lipinski definition) is 6. The van der Waals surface area contributed by atoms with Crippen LogP contribution in [-0.2, 0) is 9.59 Å². The van der Waals surface area contributed by atoms with Crippen LogP contribution in [0.25, 0.3) is 5.57 Å². The van der Waals surface area contributed by atoms with Crippen molar-refractivity contribution in [3.63, 3.8) is 0 Å². The molecule has 0 atom stereocenters. The summed E-state index contributed by atoms with van der Waals surface area (Å²) in [6, 6.07) is 7.18. The topological polar surface area (TPSA) is 73.3 Å². The summed E-state index contributed by atoms with van der Waals surface area (Å²) >= 11 is 0. The fourth-order valence-electron chi connectivity index (χ4n) is 3.87. The zero-order valence-electron chi connectivity index (χ0n) is 17.7. The van der Waals surface area contributed by atoms with Crippen LogP contribution in [0.2, 0.25) is 0 Å². The second-order valence-electron chi connectivity index (χ2n) is 8.04. The van der Waals surface area contributed by atoms with Crippen molar-refractivity contribution in [1.82, 2.24) is 14.7 Å². The molecule has 0 saturated carbocycles. The maximum Gasteiger partial charge on any atom is 0.278 e. The van der Waals surface area contributed by atoms with E-state index in [0.29, 0.717) is 30.9 Å². The smallest absolute Gasteiger partial charge is 0.278 e. The lowest BCUT2D eigenvalue weighted by molar-refractivity contribution is -0.139. The molecule has 2 amide bonds. The molecule has 0 radical (unpaired) electrons. The molecule has 2 aliphatic rings. The Balaban J connectivity index is 1.94. The summed E-state index contributed by atoms with van der Waals surface area (Å²) in [5.74, 6) is 0.273. The lowest BCUT2D eigenvalue weighted by Gasteiger charge is -2.36. The average molecular weight is 402 g/mol. The molecule has 1 N–H and O–H groups in total. The third-order valence-corrected chi connectivity index (χ3v) is 5.23. The second kappa shape index (κ2) is 8.97. The Labute approximate surface area is 172 Å². The SMILES string of the molecule is CC(C)Oc1ccc(C2=C(N3CCN(CCO)CC3)C(=O)N(C(C)C)C2=O)cc1. The van der Waals surface area contributed by atoms with Gasteiger partial charge in [0.2, 0.25) is 0 Å². The van der Waals surface area contributed by atoms with Crippen molar-refractivity contribution in [2.75, 3.05) is 39.3 Å². The molecule has 7 nitrogen and oxygen atoms in total. The predicted octanol–water partition coefficient (Wildman–Crippen LogP) is 1.57. The highest BCUT2D eigenvalue weighted by atomic mass is 16.5. The molecule has 0 unspecified atom stereocenters. The third-order valence-electron chi connectivity index (χ3n) is 5.23. The zero-order chi connectivity index (χ0) is 21.1. The quantitative estimate of drug-likeness (QED) is 0.700. The highest BCUT2D eigenvalue weighted by Gasteiger charge is 2.43. The molecule has 0 bridgehead atoms. The van der Waals surface area contributed by atoms with Crippen LogP contribution in [0.15, 0.2) is 30.0 Å². The number of imide groups is 1. The number of piperazine rings is 1. The van der Waals surface area contributed by atoms with Crippen LogP contribution < -0.4 is 4.74 Å². The van der Waals surface area contributed by atoms with E-state index in [9.17, 15) is 9.59 Å². The highest BCUT2D eigenvalue weighted by molar-refractivity contribution is 6.35. The van der Waals surface area contributed by atoms with Gasteiger partial charge in [0.15, 0.2) is 0 Å². The van der Waals surface area contributed by atoms with E-state index >= 15 is 0 Å². The van der Waals surface area contributed by atoms with Crippen LogP contribution in [0, 0.1) is 0 Å². The summed E-state index contributed by atoms with van der Waals surface area (Å²) < 4.78 is 5.70. The zero-order valence-corrected chi connectivity index (χ0v) is 17.7. The average Bonchev–Trinajstić information content (AvgIpc) is 2.93. The molecule has 0 aliphatic carbocycles. The maximum atomic E-state index is 13.2. The molecule has 158 valence electrons. The Kier molecular flexibility index (Phi) is 6.59. The van der Waals surface area contributed by atoms with Crippen LogP contribution in [0.3, 0.4) is 0 Å². The van der Waals surface area contributed by atoms with E-state index in [4.69, 9.17) is 9.84 Å². The molecular weight excluding hydrogens is 370 g/mol. The lowest BCUT2D eigenvalue weighted by Crippen LogP contribution is -2.48. The Hall–Kier alpha value is -2.38. The lowest BCUT2D eigenvalue weighted by atomic mass is 10.0. The van der Waals surface area contributed by atoms with Gasteiger partial charge >= 0.3 is 0 Å². The van der Waals surface area contributed by atoms with Gasteiger partial charge in [-0.2, -0.15) is 0 Å². The number of nitrogens with zero attached hydrogens (tertiary/aromatic N) is 3. The van der Waals surface area contributed by atoms with Crippen molar-refractivity contribution in [1.29, 1.82) is 0 Å². The van der Waals surface area contributed by atoms with Gasteiger partial charge in [-0.05, 0) is 45.4 Å². The summed E-state index contributed by atoms with van der Waals surface area (Å²) in [6.45, 7) is 11.2. The van der Waals surface area contributed by atoms with Crippen LogP contribution in [-0.4, -0.2) is 83.1 Å². The van der Waals surface area contributed by atoms with Gasteiger partial charge in [-0.15, -0.1) is 0 Å². The van der Waals surface area contributed by atoms with E-state index in [1.54, 1.807) is 0 Å². The number of rotatable bonds is 7. The van der Waals surface area contributed by atoms with Crippen molar-refractivity contribution < 1.29 is 19.4 Å². The van der Waals surface area contributed by atoms with E-state index in [1.165, 1.54) is 4.90 Å². The molecule has 2 heterocycles. The summed E-state index contributed by atoms with van der Waals surface area (Å²) in [6.07, 6.45) is 0.0666. The van der Waals surface area contributed by atoms with Gasteiger partial charge in [0.1, 0.15) is 11.4 Å². The van der Waals surface area contributed by atoms with Gasteiger partial charge in [-0.25, -0.2) is 0 Å². The van der Waals surface area contributed by atoms with Crippen molar-refractivity contribution in [2.45, 2.75) is 39.8 Å².